The van der Waals surface area contributed by atoms with Crippen molar-refractivity contribution in [2.24, 2.45) is 23.7 Å². The molecule has 4 aliphatic heterocycles. The minimum Gasteiger partial charge on any atom is -0.462 e. The molecule has 0 amide bonds. The van der Waals surface area contributed by atoms with E-state index in [2.05, 4.69) is 93.6 Å². The molecule has 11 atom stereocenters. The molecule has 3 fully saturated rings. The first-order valence-electron chi connectivity index (χ1n) is 20.3. The fourth-order valence-corrected chi connectivity index (χ4v) is 10.4. The maximum Gasteiger partial charge on any atom is 0.316 e. The summed E-state index contributed by atoms with van der Waals surface area (Å²) in [5.74, 6) is -1.13. The zero-order valence-electron chi connectivity index (χ0n) is 35.4. The highest BCUT2D eigenvalue weighted by Gasteiger charge is 2.62. The van der Waals surface area contributed by atoms with Gasteiger partial charge < -0.3 is 33.2 Å². The van der Waals surface area contributed by atoms with Crippen LogP contribution >= 0.6 is 11.8 Å². The molecule has 5 rings (SSSR count). The van der Waals surface area contributed by atoms with Crippen LogP contribution in [0.3, 0.4) is 0 Å². The minimum absolute atomic E-state index is 0.0506. The minimum atomic E-state index is -2.29. The van der Waals surface area contributed by atoms with E-state index < -0.39 is 49.9 Å². The average molecular weight is 787 g/mol. The molecule has 0 aromatic rings. The molecule has 3 saturated heterocycles. The second-order valence-electron chi connectivity index (χ2n) is 18.8. The Hall–Kier alpha value is -1.50. The van der Waals surface area contributed by atoms with Crippen molar-refractivity contribution in [1.29, 1.82) is 0 Å². The van der Waals surface area contributed by atoms with Gasteiger partial charge in [-0.05, 0) is 86.6 Å². The molecule has 10 heteroatoms. The molecule has 1 N–H and O–H groups in total. The summed E-state index contributed by atoms with van der Waals surface area (Å²) in [5.41, 5.74) is 2.35. The second-order valence-corrected chi connectivity index (χ2v) is 24.4. The fraction of sp³-hybridized carbons (Fsp3) is 0.750. The van der Waals surface area contributed by atoms with Gasteiger partial charge >= 0.3 is 5.97 Å². The Morgan fingerprint density at radius 1 is 1.15 bits per heavy atom. The van der Waals surface area contributed by atoms with Crippen molar-refractivity contribution in [2.45, 2.75) is 167 Å². The zero-order chi connectivity index (χ0) is 39.8. The monoisotopic (exact) mass is 786 g/mol. The first-order valence-corrected chi connectivity index (χ1v) is 24.6. The van der Waals surface area contributed by atoms with Crippen LogP contribution in [-0.4, -0.2) is 86.2 Å². The summed E-state index contributed by atoms with van der Waals surface area (Å²) in [6.07, 6.45) is 15.3. The van der Waals surface area contributed by atoms with E-state index in [1.807, 2.05) is 31.4 Å². The molecule has 0 radical (unpaired) electrons. The van der Waals surface area contributed by atoms with E-state index in [1.54, 1.807) is 11.8 Å². The van der Waals surface area contributed by atoms with Gasteiger partial charge in [-0.3, -0.25) is 4.79 Å². The molecule has 0 aromatic carbocycles. The van der Waals surface area contributed by atoms with Crippen molar-refractivity contribution in [3.05, 3.63) is 58.7 Å². The highest BCUT2D eigenvalue weighted by atomic mass is 32.2. The summed E-state index contributed by atoms with van der Waals surface area (Å²) in [5, 5.41) is 12.9. The SMILES string of the molecule is CSCO[C@H]1C[C@]2(C[C@@H]3C[C@@H](C/C=C(\C)C[C@@H](C)/C=C/C=C4\CO[C@@H]5[C@H](O[Si](C)(C)C(C)(C)C)C(C)=C[C@@H](C(=O)O3)[C@]45O)O2)O[C@H](/C(C)=C/C(C)C)[C@H]1C. The van der Waals surface area contributed by atoms with E-state index in [4.69, 9.17) is 28.1 Å². The number of aliphatic hydroxyl groups is 1. The van der Waals surface area contributed by atoms with Crippen molar-refractivity contribution in [3.8, 4) is 0 Å². The smallest absolute Gasteiger partial charge is 0.316 e. The zero-order valence-corrected chi connectivity index (χ0v) is 37.2. The van der Waals surface area contributed by atoms with Gasteiger partial charge in [0.25, 0.3) is 0 Å². The summed E-state index contributed by atoms with van der Waals surface area (Å²) in [7, 11) is -2.29. The van der Waals surface area contributed by atoms with E-state index in [0.29, 0.717) is 43.1 Å². The predicted octanol–water partition coefficient (Wildman–Crippen LogP) is 9.46. The van der Waals surface area contributed by atoms with Crippen molar-refractivity contribution < 1.29 is 38.0 Å². The van der Waals surface area contributed by atoms with Crippen molar-refractivity contribution >= 4 is 26.0 Å². The van der Waals surface area contributed by atoms with Crippen molar-refractivity contribution in [2.75, 3.05) is 18.8 Å². The normalized spacial score (nSPS) is 41.0. The highest BCUT2D eigenvalue weighted by Crippen LogP contribution is 2.50. The number of hydrogen-bond donors (Lipinski definition) is 1. The molecule has 0 aromatic heterocycles. The van der Waals surface area contributed by atoms with E-state index in [1.165, 1.54) is 5.57 Å². The van der Waals surface area contributed by atoms with Crippen LogP contribution in [0.5, 0.6) is 0 Å². The standard InChI is InChI=1S/C44H70O8SSi/c1-27(2)19-30(5)38-32(7)37(48-26-53-11)24-43(51-38)23-35-22-34(50-43)18-17-29(4)20-28(3)15-14-16-33-25-47-40-39(52-54(12,13)42(8,9)10)31(6)21-36(41(45)49-35)44(33,40)46/h14-17,19,21,27-28,32,34-40,46H,18,20,22-26H2,1-13H3/b15-14+,29-17+,30-19+,33-16+/t28-,32-,34+,35-,36-,37-,38+,39+,40+,43-,44+/m0/s1. The highest BCUT2D eigenvalue weighted by molar-refractivity contribution is 7.98. The molecule has 0 unspecified atom stereocenters. The lowest BCUT2D eigenvalue weighted by Gasteiger charge is -2.52. The molecule has 1 aliphatic carbocycles. The van der Waals surface area contributed by atoms with Crippen LogP contribution in [-0.2, 0) is 32.9 Å². The summed E-state index contributed by atoms with van der Waals surface area (Å²) < 4.78 is 40.6. The Kier molecular flexibility index (Phi) is 13.9. The number of esters is 1. The average Bonchev–Trinajstić information content (AvgIpc) is 3.40. The number of thioether (sulfide) groups is 1. The third-order valence-electron chi connectivity index (χ3n) is 12.7. The van der Waals surface area contributed by atoms with E-state index in [0.717, 1.165) is 17.6 Å². The van der Waals surface area contributed by atoms with E-state index >= 15 is 0 Å². The summed E-state index contributed by atoms with van der Waals surface area (Å²) in [6, 6.07) is 0. The summed E-state index contributed by atoms with van der Waals surface area (Å²) in [6.45, 7) is 26.3. The number of allylic oxidation sites excluding steroid dienone is 5. The number of ether oxygens (including phenoxy) is 5. The number of carbonyl (C=O) groups is 1. The van der Waals surface area contributed by atoms with Gasteiger partial charge in [0.2, 0.25) is 0 Å². The number of fused-ring (bicyclic) bond motifs is 2. The molecule has 54 heavy (non-hydrogen) atoms. The quantitative estimate of drug-likeness (QED) is 0.117. The van der Waals surface area contributed by atoms with Gasteiger partial charge in [0.1, 0.15) is 23.7 Å². The van der Waals surface area contributed by atoms with Gasteiger partial charge in [0, 0.05) is 25.2 Å². The van der Waals surface area contributed by atoms with Crippen LogP contribution in [0.15, 0.2) is 58.7 Å². The molecule has 304 valence electrons. The largest absolute Gasteiger partial charge is 0.462 e. The van der Waals surface area contributed by atoms with Crippen LogP contribution in [0, 0.1) is 23.7 Å². The Morgan fingerprint density at radius 3 is 2.54 bits per heavy atom. The van der Waals surface area contributed by atoms with Gasteiger partial charge in [-0.25, -0.2) is 0 Å². The molecular formula is C44H70O8SSi. The Balaban J connectivity index is 1.56. The first-order chi connectivity index (χ1) is 25.2. The van der Waals surface area contributed by atoms with Crippen LogP contribution in [0.25, 0.3) is 0 Å². The second kappa shape index (κ2) is 17.2. The lowest BCUT2D eigenvalue weighted by Crippen LogP contribution is -2.61. The number of rotatable bonds is 7. The Labute approximate surface area is 331 Å². The number of hydrogen-bond acceptors (Lipinski definition) is 9. The lowest BCUT2D eigenvalue weighted by atomic mass is 9.71. The van der Waals surface area contributed by atoms with Crippen molar-refractivity contribution in [3.63, 3.8) is 0 Å². The van der Waals surface area contributed by atoms with Crippen molar-refractivity contribution in [1.82, 2.24) is 0 Å². The molecule has 1 spiro atoms. The van der Waals surface area contributed by atoms with Crippen LogP contribution in [0.4, 0.5) is 0 Å². The molecule has 5 aliphatic rings. The van der Waals surface area contributed by atoms with Crippen LogP contribution < -0.4 is 0 Å². The van der Waals surface area contributed by atoms with Gasteiger partial charge in [0.15, 0.2) is 14.1 Å². The third kappa shape index (κ3) is 9.44. The van der Waals surface area contributed by atoms with E-state index in [-0.39, 0.29) is 41.8 Å². The van der Waals surface area contributed by atoms with Gasteiger partial charge in [-0.2, -0.15) is 0 Å². The summed E-state index contributed by atoms with van der Waals surface area (Å²) >= 11 is 1.66. The predicted molar refractivity (Wildman–Crippen MR) is 221 cm³/mol. The maximum atomic E-state index is 14.7. The molecular weight excluding hydrogens is 717 g/mol. The molecule has 0 saturated carbocycles. The molecule has 4 heterocycles. The third-order valence-corrected chi connectivity index (χ3v) is 17.5. The van der Waals surface area contributed by atoms with E-state index in [9.17, 15) is 9.90 Å². The maximum absolute atomic E-state index is 14.7. The number of carbonyl (C=O) groups excluding carboxylic acids is 1. The first kappa shape index (κ1) is 43.6. The van der Waals surface area contributed by atoms with Gasteiger partial charge in [0.05, 0.1) is 37.0 Å². The topological polar surface area (TPSA) is 92.7 Å². The van der Waals surface area contributed by atoms with Crippen LogP contribution in [0.1, 0.15) is 101 Å². The van der Waals surface area contributed by atoms with Crippen LogP contribution in [0.2, 0.25) is 18.1 Å². The molecule has 8 nitrogen and oxygen atoms in total. The van der Waals surface area contributed by atoms with Gasteiger partial charge in [-0.1, -0.05) is 90.5 Å². The van der Waals surface area contributed by atoms with Gasteiger partial charge in [-0.15, -0.1) is 11.8 Å². The fourth-order valence-electron chi connectivity index (χ4n) is 8.83. The molecule has 2 bridgehead atoms. The Bertz CT molecular complexity index is 1510. The summed E-state index contributed by atoms with van der Waals surface area (Å²) in [4.78, 5) is 14.7. The Morgan fingerprint density at radius 2 is 1.87 bits per heavy atom. The lowest BCUT2D eigenvalue weighted by molar-refractivity contribution is -0.344.